The van der Waals surface area contributed by atoms with Gasteiger partial charge in [0.2, 0.25) is 23.3 Å². The van der Waals surface area contributed by atoms with E-state index in [9.17, 15) is 23.8 Å². The van der Waals surface area contributed by atoms with Crippen molar-refractivity contribution in [2.75, 3.05) is 5.32 Å². The minimum Gasteiger partial charge on any atom is -0.502 e. The quantitative estimate of drug-likeness (QED) is 0.782. The van der Waals surface area contributed by atoms with Crippen LogP contribution in [0, 0.1) is 11.6 Å². The van der Waals surface area contributed by atoms with Crippen LogP contribution in [-0.4, -0.2) is 16.1 Å². The van der Waals surface area contributed by atoms with Crippen LogP contribution in [-0.2, 0) is 4.79 Å². The second-order valence-electron chi connectivity index (χ2n) is 3.77. The summed E-state index contributed by atoms with van der Waals surface area (Å²) in [4.78, 5) is 10.8. The molecule has 5 nitrogen and oxygen atoms in total. The molecule has 0 atom stereocenters. The maximum Gasteiger partial charge on any atom is 0.246 e. The van der Waals surface area contributed by atoms with Gasteiger partial charge in [-0.1, -0.05) is 0 Å². The van der Waals surface area contributed by atoms with Crippen LogP contribution in [0.3, 0.4) is 0 Å². The van der Waals surface area contributed by atoms with Gasteiger partial charge >= 0.3 is 0 Å². The lowest BCUT2D eigenvalue weighted by Crippen LogP contribution is -2.04. The number of carbonyl (C=O) groups excluding carboxylic acids is 1. The summed E-state index contributed by atoms with van der Waals surface area (Å²) in [7, 11) is 0. The van der Waals surface area contributed by atoms with Crippen molar-refractivity contribution in [3.05, 3.63) is 29.8 Å². The minimum atomic E-state index is -1.13. The SMILES string of the molecule is CC(=O)Nc1oc(-c2ccc(F)c(F)c2)c(O)c1O. The number of furan rings is 1. The van der Waals surface area contributed by atoms with Gasteiger partial charge in [-0.2, -0.15) is 0 Å². The van der Waals surface area contributed by atoms with E-state index in [2.05, 4.69) is 5.32 Å². The molecule has 0 saturated heterocycles. The third-order valence-electron chi connectivity index (χ3n) is 2.33. The Hall–Kier alpha value is -2.57. The molecule has 0 radical (unpaired) electrons. The van der Waals surface area contributed by atoms with E-state index in [4.69, 9.17) is 4.42 Å². The van der Waals surface area contributed by atoms with E-state index >= 15 is 0 Å². The highest BCUT2D eigenvalue weighted by molar-refractivity contribution is 5.90. The summed E-state index contributed by atoms with van der Waals surface area (Å²) in [6.45, 7) is 1.18. The number of benzene rings is 1. The molecule has 1 aromatic heterocycles. The third-order valence-corrected chi connectivity index (χ3v) is 2.33. The van der Waals surface area contributed by atoms with Crippen molar-refractivity contribution in [3.8, 4) is 22.8 Å². The number of halogens is 2. The van der Waals surface area contributed by atoms with Crippen molar-refractivity contribution in [3.63, 3.8) is 0 Å². The molecule has 0 aliphatic rings. The van der Waals surface area contributed by atoms with Crippen molar-refractivity contribution < 1.29 is 28.2 Å². The van der Waals surface area contributed by atoms with Gasteiger partial charge in [0.05, 0.1) is 0 Å². The minimum absolute atomic E-state index is 0.0169. The van der Waals surface area contributed by atoms with E-state index in [1.165, 1.54) is 6.92 Å². The van der Waals surface area contributed by atoms with Gasteiger partial charge in [-0.3, -0.25) is 10.1 Å². The molecule has 0 aliphatic carbocycles. The molecule has 0 spiro atoms. The van der Waals surface area contributed by atoms with E-state index in [0.717, 1.165) is 18.2 Å². The number of hydrogen-bond acceptors (Lipinski definition) is 4. The number of anilines is 1. The Kier molecular flexibility index (Phi) is 3.12. The average molecular weight is 269 g/mol. The summed E-state index contributed by atoms with van der Waals surface area (Å²) in [6, 6.07) is 2.81. The Balaban J connectivity index is 2.50. The molecule has 2 rings (SSSR count). The van der Waals surface area contributed by atoms with Crippen LogP contribution in [0.1, 0.15) is 6.92 Å². The largest absolute Gasteiger partial charge is 0.502 e. The molecule has 19 heavy (non-hydrogen) atoms. The van der Waals surface area contributed by atoms with Crippen molar-refractivity contribution >= 4 is 11.8 Å². The smallest absolute Gasteiger partial charge is 0.246 e. The molecule has 7 heteroatoms. The zero-order valence-electron chi connectivity index (χ0n) is 9.70. The standard InChI is InChI=1S/C12H9F2NO4/c1-5(16)15-12-10(18)9(17)11(19-12)6-2-3-7(13)8(14)4-6/h2-4,17-18H,1H3,(H,15,16). The van der Waals surface area contributed by atoms with Gasteiger partial charge < -0.3 is 14.6 Å². The van der Waals surface area contributed by atoms with Crippen LogP contribution < -0.4 is 5.32 Å². The summed E-state index contributed by atoms with van der Waals surface area (Å²) in [6.07, 6.45) is 0. The molecular weight excluding hydrogens is 260 g/mol. The fraction of sp³-hybridized carbons (Fsp3) is 0.0833. The predicted octanol–water partition coefficient (Wildman–Crippen LogP) is 2.59. The highest BCUT2D eigenvalue weighted by Gasteiger charge is 2.22. The summed E-state index contributed by atoms with van der Waals surface area (Å²) >= 11 is 0. The van der Waals surface area contributed by atoms with Crippen LogP contribution >= 0.6 is 0 Å². The molecule has 1 amide bonds. The number of amides is 1. The Morgan fingerprint density at radius 1 is 1.21 bits per heavy atom. The Morgan fingerprint density at radius 2 is 1.89 bits per heavy atom. The second kappa shape index (κ2) is 4.60. The number of carbonyl (C=O) groups is 1. The van der Waals surface area contributed by atoms with Crippen LogP contribution in [0.15, 0.2) is 22.6 Å². The van der Waals surface area contributed by atoms with Crippen molar-refractivity contribution in [2.24, 2.45) is 0 Å². The fourth-order valence-electron chi connectivity index (χ4n) is 1.49. The van der Waals surface area contributed by atoms with Gasteiger partial charge in [-0.05, 0) is 18.2 Å². The molecule has 0 aliphatic heterocycles. The van der Waals surface area contributed by atoms with Gasteiger partial charge in [0.25, 0.3) is 0 Å². The van der Waals surface area contributed by atoms with Gasteiger partial charge in [-0.15, -0.1) is 0 Å². The third kappa shape index (κ3) is 2.35. The lowest BCUT2D eigenvalue weighted by atomic mass is 10.1. The molecule has 1 aromatic carbocycles. The highest BCUT2D eigenvalue weighted by atomic mass is 19.2. The fourth-order valence-corrected chi connectivity index (χ4v) is 1.49. The Morgan fingerprint density at radius 3 is 2.47 bits per heavy atom. The summed E-state index contributed by atoms with van der Waals surface area (Å²) in [5.74, 6) is -4.72. The van der Waals surface area contributed by atoms with E-state index in [-0.39, 0.29) is 17.2 Å². The first-order valence-corrected chi connectivity index (χ1v) is 5.18. The van der Waals surface area contributed by atoms with E-state index < -0.39 is 29.0 Å². The molecule has 2 aromatic rings. The molecule has 0 bridgehead atoms. The summed E-state index contributed by atoms with van der Waals surface area (Å²) < 4.78 is 30.9. The zero-order valence-corrected chi connectivity index (χ0v) is 9.70. The van der Waals surface area contributed by atoms with Crippen molar-refractivity contribution in [1.29, 1.82) is 0 Å². The molecular formula is C12H9F2NO4. The Bertz CT molecular complexity index is 651. The monoisotopic (exact) mass is 269 g/mol. The van der Waals surface area contributed by atoms with E-state index in [0.29, 0.717) is 0 Å². The predicted molar refractivity (Wildman–Crippen MR) is 61.7 cm³/mol. The van der Waals surface area contributed by atoms with Crippen LogP contribution in [0.5, 0.6) is 11.5 Å². The zero-order chi connectivity index (χ0) is 14.2. The number of hydrogen-bond donors (Lipinski definition) is 3. The van der Waals surface area contributed by atoms with Crippen molar-refractivity contribution in [2.45, 2.75) is 6.92 Å². The first kappa shape index (κ1) is 12.9. The van der Waals surface area contributed by atoms with E-state index in [1.807, 2.05) is 0 Å². The number of rotatable bonds is 2. The number of aromatic hydroxyl groups is 2. The first-order chi connectivity index (χ1) is 8.90. The summed E-state index contributed by atoms with van der Waals surface area (Å²) in [5, 5.41) is 21.3. The number of nitrogens with one attached hydrogen (secondary N) is 1. The van der Waals surface area contributed by atoms with Crippen LogP contribution in [0.25, 0.3) is 11.3 Å². The molecule has 0 fully saturated rings. The second-order valence-corrected chi connectivity index (χ2v) is 3.77. The molecule has 100 valence electrons. The average Bonchev–Trinajstić information content (AvgIpc) is 2.60. The summed E-state index contributed by atoms with van der Waals surface area (Å²) in [5.41, 5.74) is 0.0169. The van der Waals surface area contributed by atoms with Crippen LogP contribution in [0.2, 0.25) is 0 Å². The lowest BCUT2D eigenvalue weighted by Gasteiger charge is -1.99. The van der Waals surface area contributed by atoms with Gasteiger partial charge in [0.15, 0.2) is 17.4 Å². The van der Waals surface area contributed by atoms with E-state index in [1.54, 1.807) is 0 Å². The normalized spacial score (nSPS) is 10.5. The maximum absolute atomic E-state index is 13.1. The van der Waals surface area contributed by atoms with Gasteiger partial charge in [-0.25, -0.2) is 8.78 Å². The van der Waals surface area contributed by atoms with Gasteiger partial charge in [0, 0.05) is 12.5 Å². The Labute approximate surface area is 106 Å². The molecule has 0 saturated carbocycles. The van der Waals surface area contributed by atoms with Crippen LogP contribution in [0.4, 0.5) is 14.7 Å². The molecule has 0 unspecified atom stereocenters. The molecule has 3 N–H and O–H groups in total. The maximum atomic E-state index is 13.1. The first-order valence-electron chi connectivity index (χ1n) is 5.18. The lowest BCUT2D eigenvalue weighted by molar-refractivity contribution is -0.114. The molecule has 1 heterocycles. The highest BCUT2D eigenvalue weighted by Crippen LogP contribution is 2.45. The van der Waals surface area contributed by atoms with Gasteiger partial charge in [0.1, 0.15) is 0 Å². The topological polar surface area (TPSA) is 82.7 Å². The van der Waals surface area contributed by atoms with Crippen molar-refractivity contribution in [1.82, 2.24) is 0 Å².